The SMILES string of the molecule is CC(O)(C(=O)Nc1cnc(C#N)c(C(F)(F)F)c1)C(=O)OCC1COC1. The lowest BCUT2D eigenvalue weighted by molar-refractivity contribution is -0.172. The van der Waals surface area contributed by atoms with E-state index in [4.69, 9.17) is 14.7 Å². The lowest BCUT2D eigenvalue weighted by Crippen LogP contribution is -2.49. The molecule has 2 N–H and O–H groups in total. The molecule has 140 valence electrons. The molecule has 11 heteroatoms. The van der Waals surface area contributed by atoms with Gasteiger partial charge in [0.1, 0.15) is 6.07 Å². The fraction of sp³-hybridized carbons (Fsp3) is 0.467. The molecule has 1 aliphatic heterocycles. The van der Waals surface area contributed by atoms with Crippen molar-refractivity contribution in [2.45, 2.75) is 18.7 Å². The van der Waals surface area contributed by atoms with E-state index in [1.165, 1.54) is 6.07 Å². The van der Waals surface area contributed by atoms with Gasteiger partial charge in [-0.05, 0) is 13.0 Å². The van der Waals surface area contributed by atoms with E-state index in [9.17, 15) is 27.9 Å². The number of hydrogen-bond acceptors (Lipinski definition) is 7. The smallest absolute Gasteiger partial charge is 0.419 e. The number of carbonyl (C=O) groups is 2. The van der Waals surface area contributed by atoms with Gasteiger partial charge in [-0.2, -0.15) is 18.4 Å². The number of aliphatic hydroxyl groups is 1. The van der Waals surface area contributed by atoms with Crippen LogP contribution in [0.1, 0.15) is 18.2 Å². The molecular formula is C15H14F3N3O5. The standard InChI is InChI=1S/C15H14F3N3O5/c1-14(24,13(23)26-7-8-5-25-6-8)12(22)21-9-2-10(15(16,17)18)11(3-19)20-4-9/h2,4,8,24H,5-7H2,1H3,(H,21,22). The van der Waals surface area contributed by atoms with Gasteiger partial charge in [-0.1, -0.05) is 0 Å². The summed E-state index contributed by atoms with van der Waals surface area (Å²) in [5.41, 5.74) is -5.30. The summed E-state index contributed by atoms with van der Waals surface area (Å²) in [5, 5.41) is 20.7. The van der Waals surface area contributed by atoms with Crippen LogP contribution in [0.2, 0.25) is 0 Å². The maximum absolute atomic E-state index is 12.9. The summed E-state index contributed by atoms with van der Waals surface area (Å²) >= 11 is 0. The molecule has 0 spiro atoms. The monoisotopic (exact) mass is 373 g/mol. The summed E-state index contributed by atoms with van der Waals surface area (Å²) in [4.78, 5) is 27.2. The number of halogens is 3. The van der Waals surface area contributed by atoms with Gasteiger partial charge in [-0.3, -0.25) is 4.79 Å². The minimum atomic E-state index is -4.87. The van der Waals surface area contributed by atoms with Crippen LogP contribution in [0.15, 0.2) is 12.3 Å². The van der Waals surface area contributed by atoms with Crippen molar-refractivity contribution in [3.8, 4) is 6.07 Å². The van der Waals surface area contributed by atoms with E-state index < -0.39 is 40.6 Å². The van der Waals surface area contributed by atoms with Crippen molar-refractivity contribution in [3.63, 3.8) is 0 Å². The first-order valence-electron chi connectivity index (χ1n) is 7.32. The molecule has 1 atom stereocenters. The van der Waals surface area contributed by atoms with Gasteiger partial charge in [-0.25, -0.2) is 9.78 Å². The summed E-state index contributed by atoms with van der Waals surface area (Å²) in [7, 11) is 0. The molecule has 0 saturated carbocycles. The highest BCUT2D eigenvalue weighted by atomic mass is 19.4. The number of esters is 1. The molecule has 0 bridgehead atoms. The molecule has 1 unspecified atom stereocenters. The number of carbonyl (C=O) groups excluding carboxylic acids is 2. The molecule has 8 nitrogen and oxygen atoms in total. The molecule has 0 aliphatic carbocycles. The number of anilines is 1. The highest BCUT2D eigenvalue weighted by Gasteiger charge is 2.42. The number of rotatable bonds is 5. The Bertz CT molecular complexity index is 754. The number of nitrogens with zero attached hydrogens (tertiary/aromatic N) is 2. The Morgan fingerprint density at radius 1 is 1.50 bits per heavy atom. The lowest BCUT2D eigenvalue weighted by Gasteiger charge is -2.27. The third-order valence-corrected chi connectivity index (χ3v) is 3.55. The van der Waals surface area contributed by atoms with Crippen molar-refractivity contribution < 1.29 is 37.3 Å². The van der Waals surface area contributed by atoms with Gasteiger partial charge in [0.25, 0.3) is 5.91 Å². The highest BCUT2D eigenvalue weighted by Crippen LogP contribution is 2.32. The first kappa shape index (κ1) is 19.6. The average molecular weight is 373 g/mol. The zero-order chi connectivity index (χ0) is 19.5. The molecule has 0 radical (unpaired) electrons. The molecule has 1 aromatic heterocycles. The largest absolute Gasteiger partial charge is 0.463 e. The Morgan fingerprint density at radius 2 is 2.15 bits per heavy atom. The second-order valence-corrected chi connectivity index (χ2v) is 5.76. The second-order valence-electron chi connectivity index (χ2n) is 5.76. The van der Waals surface area contributed by atoms with E-state index in [1.807, 2.05) is 5.32 Å². The lowest BCUT2D eigenvalue weighted by atomic mass is 10.1. The molecule has 1 aliphatic rings. The summed E-state index contributed by atoms with van der Waals surface area (Å²) in [6, 6.07) is 1.77. The van der Waals surface area contributed by atoms with Crippen LogP contribution in [0.25, 0.3) is 0 Å². The Morgan fingerprint density at radius 3 is 2.65 bits per heavy atom. The van der Waals surface area contributed by atoms with Crippen LogP contribution in [-0.4, -0.2) is 47.4 Å². The van der Waals surface area contributed by atoms with Crippen molar-refractivity contribution in [1.29, 1.82) is 5.26 Å². The fourth-order valence-electron chi connectivity index (χ4n) is 1.90. The van der Waals surface area contributed by atoms with Crippen LogP contribution in [0, 0.1) is 17.2 Å². The number of nitriles is 1. The van der Waals surface area contributed by atoms with E-state index in [-0.39, 0.29) is 12.5 Å². The van der Waals surface area contributed by atoms with Crippen LogP contribution >= 0.6 is 0 Å². The molecule has 1 saturated heterocycles. The van der Waals surface area contributed by atoms with Gasteiger partial charge in [-0.15, -0.1) is 0 Å². The van der Waals surface area contributed by atoms with E-state index >= 15 is 0 Å². The third kappa shape index (κ3) is 4.27. The zero-order valence-electron chi connectivity index (χ0n) is 13.5. The van der Waals surface area contributed by atoms with Gasteiger partial charge >= 0.3 is 12.1 Å². The predicted molar refractivity (Wildman–Crippen MR) is 78.5 cm³/mol. The summed E-state index contributed by atoms with van der Waals surface area (Å²) < 4.78 is 48.4. The van der Waals surface area contributed by atoms with Gasteiger partial charge in [0.15, 0.2) is 5.69 Å². The highest BCUT2D eigenvalue weighted by molar-refractivity contribution is 6.11. The topological polar surface area (TPSA) is 122 Å². The summed E-state index contributed by atoms with van der Waals surface area (Å²) in [5.74, 6) is -2.58. The molecule has 0 aromatic carbocycles. The number of amides is 1. The molecule has 1 fully saturated rings. The van der Waals surface area contributed by atoms with Gasteiger partial charge in [0.2, 0.25) is 5.60 Å². The van der Waals surface area contributed by atoms with Crippen LogP contribution < -0.4 is 5.32 Å². The van der Waals surface area contributed by atoms with E-state index in [0.717, 1.165) is 13.1 Å². The summed E-state index contributed by atoms with van der Waals surface area (Å²) in [6.07, 6.45) is -4.07. The van der Waals surface area contributed by atoms with Crippen LogP contribution in [-0.2, 0) is 25.2 Å². The van der Waals surface area contributed by atoms with E-state index in [1.54, 1.807) is 0 Å². The van der Waals surface area contributed by atoms with Crippen molar-refractivity contribution >= 4 is 17.6 Å². The van der Waals surface area contributed by atoms with E-state index in [2.05, 4.69) is 4.98 Å². The van der Waals surface area contributed by atoms with Crippen molar-refractivity contribution in [2.75, 3.05) is 25.1 Å². The molecule has 1 aromatic rings. The molecule has 26 heavy (non-hydrogen) atoms. The zero-order valence-corrected chi connectivity index (χ0v) is 13.5. The second kappa shape index (κ2) is 7.27. The van der Waals surface area contributed by atoms with Crippen molar-refractivity contribution in [2.24, 2.45) is 5.92 Å². The predicted octanol–water partition coefficient (Wildman–Crippen LogP) is 0.851. The number of hydrogen-bond donors (Lipinski definition) is 2. The maximum atomic E-state index is 12.9. The fourth-order valence-corrected chi connectivity index (χ4v) is 1.90. The van der Waals surface area contributed by atoms with Gasteiger partial charge in [0.05, 0.1) is 37.3 Å². The molecule has 1 amide bonds. The first-order chi connectivity index (χ1) is 12.1. The Balaban J connectivity index is 2.10. The minimum Gasteiger partial charge on any atom is -0.463 e. The Hall–Kier alpha value is -2.71. The normalized spacial score (nSPS) is 16.8. The number of nitrogens with one attached hydrogen (secondary N) is 1. The average Bonchev–Trinajstić information content (AvgIpc) is 2.52. The van der Waals surface area contributed by atoms with Crippen LogP contribution in [0.4, 0.5) is 18.9 Å². The van der Waals surface area contributed by atoms with Crippen molar-refractivity contribution in [1.82, 2.24) is 4.98 Å². The van der Waals surface area contributed by atoms with Gasteiger partial charge < -0.3 is 19.9 Å². The van der Waals surface area contributed by atoms with Crippen LogP contribution in [0.5, 0.6) is 0 Å². The maximum Gasteiger partial charge on any atom is 0.419 e. The van der Waals surface area contributed by atoms with Gasteiger partial charge in [0, 0.05) is 5.92 Å². The molecule has 2 heterocycles. The minimum absolute atomic E-state index is 0.0325. The Kier molecular flexibility index (Phi) is 5.48. The third-order valence-electron chi connectivity index (χ3n) is 3.55. The molecule has 2 rings (SSSR count). The molecular weight excluding hydrogens is 359 g/mol. The Labute approximate surface area is 145 Å². The quantitative estimate of drug-likeness (QED) is 0.580. The van der Waals surface area contributed by atoms with Crippen LogP contribution in [0.3, 0.4) is 0 Å². The first-order valence-corrected chi connectivity index (χ1v) is 7.32. The number of aromatic nitrogens is 1. The number of alkyl halides is 3. The van der Waals surface area contributed by atoms with Crippen molar-refractivity contribution in [3.05, 3.63) is 23.5 Å². The van der Waals surface area contributed by atoms with E-state index in [0.29, 0.717) is 19.3 Å². The number of ether oxygens (including phenoxy) is 2. The summed E-state index contributed by atoms with van der Waals surface area (Å²) in [6.45, 7) is 1.57. The number of pyridine rings is 1.